The number of hydrogen-bond donors (Lipinski definition) is 0. The summed E-state index contributed by atoms with van der Waals surface area (Å²) in [5.41, 5.74) is 6.81. The van der Waals surface area contributed by atoms with Crippen molar-refractivity contribution in [2.45, 2.75) is 0 Å². The highest BCUT2D eigenvalue weighted by molar-refractivity contribution is 7.25. The Kier molecular flexibility index (Phi) is 5.12. The van der Waals surface area contributed by atoms with Gasteiger partial charge in [-0.05, 0) is 42.5 Å². The van der Waals surface area contributed by atoms with Crippen LogP contribution in [0, 0.1) is 0 Å². The average Bonchev–Trinajstić information content (AvgIpc) is 3.75. The van der Waals surface area contributed by atoms with Gasteiger partial charge in [0.05, 0.1) is 27.5 Å². The number of nitrogens with zero attached hydrogens (tertiary/aromatic N) is 4. The lowest BCUT2D eigenvalue weighted by Crippen LogP contribution is -2.01. The third kappa shape index (κ3) is 3.53. The van der Waals surface area contributed by atoms with E-state index in [1.165, 1.54) is 42.7 Å². The van der Waals surface area contributed by atoms with Crippen molar-refractivity contribution in [1.82, 2.24) is 19.1 Å². The molecule has 0 saturated heterocycles. The largest absolute Gasteiger partial charge is 0.309 e. The first-order chi connectivity index (χ1) is 22.3. The lowest BCUT2D eigenvalue weighted by molar-refractivity contribution is 1.08. The lowest BCUT2D eigenvalue weighted by Gasteiger charge is -2.11. The molecule has 4 nitrogen and oxygen atoms in total. The number of fused-ring (bicyclic) bond motifs is 9. The molecule has 0 amide bonds. The maximum absolute atomic E-state index is 5.38. The van der Waals surface area contributed by atoms with Crippen molar-refractivity contribution >= 4 is 75.3 Å². The monoisotopic (exact) mass is 592 g/mol. The summed E-state index contributed by atoms with van der Waals surface area (Å²) >= 11 is 1.73. The van der Waals surface area contributed by atoms with Gasteiger partial charge in [-0.25, -0.2) is 9.97 Å². The SMILES string of the molecule is c1ccc(-c2nc(-n3c4ccccc4c4cc5c(cc43)c3ccccc3n5-c3ccccc3)c3c(n2)sc2ccccc23)cc1. The molecule has 4 heterocycles. The molecule has 210 valence electrons. The molecule has 45 heavy (non-hydrogen) atoms. The molecule has 0 unspecified atom stereocenters. The Morgan fingerprint density at radius 1 is 0.444 bits per heavy atom. The molecule has 10 rings (SSSR count). The summed E-state index contributed by atoms with van der Waals surface area (Å²) in [7, 11) is 0. The summed E-state index contributed by atoms with van der Waals surface area (Å²) in [6.07, 6.45) is 0. The molecule has 0 saturated carbocycles. The van der Waals surface area contributed by atoms with E-state index in [1.807, 2.05) is 18.2 Å². The first kappa shape index (κ1) is 24.6. The highest BCUT2D eigenvalue weighted by atomic mass is 32.1. The van der Waals surface area contributed by atoms with Gasteiger partial charge in [0.2, 0.25) is 0 Å². The molecular weight excluding hydrogens is 569 g/mol. The summed E-state index contributed by atoms with van der Waals surface area (Å²) in [6, 6.07) is 51.7. The van der Waals surface area contributed by atoms with Crippen LogP contribution in [0.5, 0.6) is 0 Å². The molecule has 5 heteroatoms. The van der Waals surface area contributed by atoms with Crippen LogP contribution in [0.25, 0.3) is 86.8 Å². The quantitative estimate of drug-likeness (QED) is 0.205. The third-order valence-electron chi connectivity index (χ3n) is 8.94. The van der Waals surface area contributed by atoms with Crippen molar-refractivity contribution in [2.24, 2.45) is 0 Å². The highest BCUT2D eigenvalue weighted by Gasteiger charge is 2.22. The summed E-state index contributed by atoms with van der Waals surface area (Å²) in [5, 5.41) is 7.12. The zero-order chi connectivity index (χ0) is 29.5. The van der Waals surface area contributed by atoms with Crippen molar-refractivity contribution in [2.75, 3.05) is 0 Å². The van der Waals surface area contributed by atoms with Gasteiger partial charge < -0.3 is 4.57 Å². The fourth-order valence-electron chi connectivity index (χ4n) is 7.00. The van der Waals surface area contributed by atoms with Gasteiger partial charge in [-0.1, -0.05) is 103 Å². The second kappa shape index (κ2) is 9.36. The lowest BCUT2D eigenvalue weighted by atomic mass is 10.1. The molecule has 6 aromatic carbocycles. The van der Waals surface area contributed by atoms with Crippen LogP contribution in [0.15, 0.2) is 146 Å². The zero-order valence-electron chi connectivity index (χ0n) is 24.1. The van der Waals surface area contributed by atoms with Crippen LogP contribution in [-0.2, 0) is 0 Å². The van der Waals surface area contributed by atoms with Crippen LogP contribution in [0.1, 0.15) is 0 Å². The molecule has 0 bridgehead atoms. The molecule has 0 N–H and O–H groups in total. The topological polar surface area (TPSA) is 35.6 Å². The van der Waals surface area contributed by atoms with E-state index < -0.39 is 0 Å². The van der Waals surface area contributed by atoms with Crippen LogP contribution < -0.4 is 0 Å². The predicted octanol–water partition coefficient (Wildman–Crippen LogP) is 10.7. The Labute approximate surface area is 262 Å². The van der Waals surface area contributed by atoms with Crippen molar-refractivity contribution in [3.05, 3.63) is 146 Å². The third-order valence-corrected chi connectivity index (χ3v) is 10.0. The van der Waals surface area contributed by atoms with E-state index in [4.69, 9.17) is 9.97 Å². The van der Waals surface area contributed by atoms with Gasteiger partial charge in [-0.15, -0.1) is 11.3 Å². The Hall–Kier alpha value is -5.78. The summed E-state index contributed by atoms with van der Waals surface area (Å²) in [4.78, 5) is 11.5. The Morgan fingerprint density at radius 2 is 1.00 bits per heavy atom. The van der Waals surface area contributed by atoms with E-state index in [0.717, 1.165) is 44.1 Å². The fourth-order valence-corrected chi connectivity index (χ4v) is 8.07. The number of rotatable bonds is 3. The molecule has 0 aliphatic heterocycles. The van der Waals surface area contributed by atoms with Crippen molar-refractivity contribution < 1.29 is 0 Å². The van der Waals surface area contributed by atoms with Crippen LogP contribution in [-0.4, -0.2) is 19.1 Å². The van der Waals surface area contributed by atoms with Crippen molar-refractivity contribution in [1.29, 1.82) is 0 Å². The van der Waals surface area contributed by atoms with Gasteiger partial charge in [0, 0.05) is 42.9 Å². The molecule has 0 aliphatic rings. The molecule has 0 fully saturated rings. The van der Waals surface area contributed by atoms with Crippen LogP contribution in [0.3, 0.4) is 0 Å². The smallest absolute Gasteiger partial charge is 0.163 e. The van der Waals surface area contributed by atoms with E-state index in [0.29, 0.717) is 0 Å². The molecular formula is C40H24N4S. The molecule has 0 aliphatic carbocycles. The van der Waals surface area contributed by atoms with Gasteiger partial charge in [-0.3, -0.25) is 4.57 Å². The number of thiophene rings is 1. The van der Waals surface area contributed by atoms with Gasteiger partial charge in [0.1, 0.15) is 4.83 Å². The predicted molar refractivity (Wildman–Crippen MR) is 189 cm³/mol. The van der Waals surface area contributed by atoms with Gasteiger partial charge >= 0.3 is 0 Å². The van der Waals surface area contributed by atoms with Crippen LogP contribution in [0.2, 0.25) is 0 Å². The van der Waals surface area contributed by atoms with E-state index in [2.05, 4.69) is 137 Å². The summed E-state index contributed by atoms with van der Waals surface area (Å²) in [6.45, 7) is 0. The van der Waals surface area contributed by atoms with Gasteiger partial charge in [0.15, 0.2) is 11.6 Å². The summed E-state index contributed by atoms with van der Waals surface area (Å²) < 4.78 is 5.97. The Bertz CT molecular complexity index is 2750. The molecule has 10 aromatic rings. The second-order valence-corrected chi connectivity index (χ2v) is 12.5. The van der Waals surface area contributed by atoms with Crippen molar-refractivity contribution in [3.63, 3.8) is 0 Å². The van der Waals surface area contributed by atoms with Gasteiger partial charge in [-0.2, -0.15) is 0 Å². The Morgan fingerprint density at radius 3 is 1.71 bits per heavy atom. The van der Waals surface area contributed by atoms with E-state index in [-0.39, 0.29) is 0 Å². The molecule has 0 atom stereocenters. The average molecular weight is 593 g/mol. The van der Waals surface area contributed by atoms with Crippen LogP contribution in [0.4, 0.5) is 0 Å². The summed E-state index contributed by atoms with van der Waals surface area (Å²) in [5.74, 6) is 1.64. The second-order valence-electron chi connectivity index (χ2n) is 11.4. The number of benzene rings is 6. The standard InChI is InChI=1S/C40H24N4S/c1-3-13-25(14-4-1)38-41-39(37-29-19-9-12-22-36(29)45-40(37)42-38)44-33-21-11-8-18-28(33)31-23-34-30(24-35(31)44)27-17-7-10-20-32(27)43(34)26-15-5-2-6-16-26/h1-24H. The van der Waals surface area contributed by atoms with Crippen LogP contribution >= 0.6 is 11.3 Å². The fraction of sp³-hybridized carbons (Fsp3) is 0. The maximum Gasteiger partial charge on any atom is 0.163 e. The first-order valence-electron chi connectivity index (χ1n) is 15.1. The highest BCUT2D eigenvalue weighted by Crippen LogP contribution is 2.43. The number of aromatic nitrogens is 4. The normalized spacial score (nSPS) is 12.0. The van der Waals surface area contributed by atoms with E-state index in [9.17, 15) is 0 Å². The molecule has 4 aromatic heterocycles. The maximum atomic E-state index is 5.38. The first-order valence-corrected chi connectivity index (χ1v) is 15.9. The zero-order valence-corrected chi connectivity index (χ0v) is 24.9. The molecule has 0 radical (unpaired) electrons. The minimum atomic E-state index is 0.734. The molecule has 0 spiro atoms. The van der Waals surface area contributed by atoms with E-state index in [1.54, 1.807) is 11.3 Å². The van der Waals surface area contributed by atoms with Crippen molar-refractivity contribution in [3.8, 4) is 22.9 Å². The minimum Gasteiger partial charge on any atom is -0.309 e. The van der Waals surface area contributed by atoms with E-state index >= 15 is 0 Å². The van der Waals surface area contributed by atoms with Gasteiger partial charge in [0.25, 0.3) is 0 Å². The Balaban J connectivity index is 1.39. The minimum absolute atomic E-state index is 0.734. The number of para-hydroxylation sites is 3. The number of hydrogen-bond acceptors (Lipinski definition) is 3.